The molecule has 0 radical (unpaired) electrons. The van der Waals surface area contributed by atoms with Crippen LogP contribution in [0, 0.1) is 0 Å². The van der Waals surface area contributed by atoms with Crippen molar-refractivity contribution in [2.24, 2.45) is 0 Å². The molecule has 0 atom stereocenters. The van der Waals surface area contributed by atoms with E-state index in [2.05, 4.69) is 52.8 Å². The molecule has 0 bridgehead atoms. The third-order valence-corrected chi connectivity index (χ3v) is 3.60. The average molecular weight is 243 g/mol. The molecule has 2 rings (SSSR count). The van der Waals surface area contributed by atoms with Gasteiger partial charge in [0.05, 0.1) is 0 Å². The number of rotatable bonds is 1. The molecule has 1 aromatic rings. The van der Waals surface area contributed by atoms with Crippen LogP contribution in [-0.2, 0) is 0 Å². The monoisotopic (exact) mass is 242 g/mol. The standard InChI is InChI=1S/C10H11BrS/c11-10-4-2-1-3-9(10)7-5-8(12)6-7/h1-4,7-8,12H,5-6H2. The molecule has 0 aliphatic heterocycles. The summed E-state index contributed by atoms with van der Waals surface area (Å²) in [6.07, 6.45) is 2.46. The average Bonchev–Trinajstić information content (AvgIpc) is 2.01. The van der Waals surface area contributed by atoms with Gasteiger partial charge in [-0.25, -0.2) is 0 Å². The lowest BCUT2D eigenvalue weighted by Crippen LogP contribution is -2.22. The van der Waals surface area contributed by atoms with E-state index in [1.165, 1.54) is 22.9 Å². The van der Waals surface area contributed by atoms with Gasteiger partial charge in [-0.3, -0.25) is 0 Å². The Bertz CT molecular complexity index is 279. The zero-order valence-corrected chi connectivity index (χ0v) is 9.18. The van der Waals surface area contributed by atoms with Crippen LogP contribution in [0.25, 0.3) is 0 Å². The summed E-state index contributed by atoms with van der Waals surface area (Å²) in [5.74, 6) is 0.739. The van der Waals surface area contributed by atoms with E-state index in [-0.39, 0.29) is 0 Å². The summed E-state index contributed by atoms with van der Waals surface area (Å²) in [6, 6.07) is 8.48. The van der Waals surface area contributed by atoms with E-state index in [0.717, 1.165) is 5.92 Å². The summed E-state index contributed by atoms with van der Waals surface area (Å²) in [6.45, 7) is 0. The third kappa shape index (κ3) is 1.55. The minimum absolute atomic E-state index is 0.627. The molecule has 0 unspecified atom stereocenters. The molecule has 12 heavy (non-hydrogen) atoms. The van der Waals surface area contributed by atoms with Crippen molar-refractivity contribution in [3.63, 3.8) is 0 Å². The number of halogens is 1. The third-order valence-electron chi connectivity index (χ3n) is 2.46. The number of hydrogen-bond donors (Lipinski definition) is 1. The van der Waals surface area contributed by atoms with Gasteiger partial charge in [-0.1, -0.05) is 34.1 Å². The minimum atomic E-state index is 0.627. The maximum Gasteiger partial charge on any atom is 0.0210 e. The van der Waals surface area contributed by atoms with Gasteiger partial charge < -0.3 is 0 Å². The molecule has 1 aliphatic carbocycles. The number of hydrogen-bond acceptors (Lipinski definition) is 1. The van der Waals surface area contributed by atoms with E-state index in [1.807, 2.05) is 0 Å². The quantitative estimate of drug-likeness (QED) is 0.715. The molecule has 1 aliphatic rings. The first-order chi connectivity index (χ1) is 5.77. The summed E-state index contributed by atoms with van der Waals surface area (Å²) in [7, 11) is 0. The molecule has 2 heteroatoms. The van der Waals surface area contributed by atoms with Crippen molar-refractivity contribution in [1.29, 1.82) is 0 Å². The van der Waals surface area contributed by atoms with Crippen LogP contribution in [0.5, 0.6) is 0 Å². The van der Waals surface area contributed by atoms with Gasteiger partial charge in [-0.15, -0.1) is 0 Å². The fraction of sp³-hybridized carbons (Fsp3) is 0.400. The van der Waals surface area contributed by atoms with Crippen molar-refractivity contribution in [3.05, 3.63) is 34.3 Å². The van der Waals surface area contributed by atoms with Crippen molar-refractivity contribution >= 4 is 28.6 Å². The Morgan fingerprint density at radius 2 is 1.92 bits per heavy atom. The normalized spacial score (nSPS) is 28.2. The second-order valence-corrected chi connectivity index (χ2v) is 4.93. The van der Waals surface area contributed by atoms with Crippen molar-refractivity contribution < 1.29 is 0 Å². The second-order valence-electron chi connectivity index (χ2n) is 3.34. The SMILES string of the molecule is SC1CC(c2ccccc2Br)C1. The molecule has 1 aromatic carbocycles. The number of benzene rings is 1. The van der Waals surface area contributed by atoms with E-state index >= 15 is 0 Å². The highest BCUT2D eigenvalue weighted by atomic mass is 79.9. The van der Waals surface area contributed by atoms with Crippen molar-refractivity contribution in [2.45, 2.75) is 24.0 Å². The summed E-state index contributed by atoms with van der Waals surface area (Å²) in [5, 5.41) is 0.627. The Balaban J connectivity index is 2.18. The lowest BCUT2D eigenvalue weighted by atomic mass is 9.79. The van der Waals surface area contributed by atoms with Crippen molar-refractivity contribution in [1.82, 2.24) is 0 Å². The summed E-state index contributed by atoms with van der Waals surface area (Å²) in [4.78, 5) is 0. The zero-order chi connectivity index (χ0) is 8.55. The molecular weight excluding hydrogens is 232 g/mol. The molecule has 0 spiro atoms. The molecule has 1 saturated carbocycles. The van der Waals surface area contributed by atoms with Crippen molar-refractivity contribution in [2.75, 3.05) is 0 Å². The fourth-order valence-corrected chi connectivity index (χ4v) is 2.77. The van der Waals surface area contributed by atoms with E-state index in [1.54, 1.807) is 0 Å². The number of thiol groups is 1. The predicted molar refractivity (Wildman–Crippen MR) is 58.9 cm³/mol. The Labute approximate surface area is 86.9 Å². The van der Waals surface area contributed by atoms with Crippen LogP contribution in [0.2, 0.25) is 0 Å². The van der Waals surface area contributed by atoms with Gasteiger partial charge in [-0.05, 0) is 30.4 Å². The van der Waals surface area contributed by atoms with Gasteiger partial charge in [-0.2, -0.15) is 12.6 Å². The first kappa shape index (κ1) is 8.64. The second kappa shape index (κ2) is 3.43. The Kier molecular flexibility index (Phi) is 2.47. The van der Waals surface area contributed by atoms with E-state index in [4.69, 9.17) is 0 Å². The van der Waals surface area contributed by atoms with E-state index in [0.29, 0.717) is 5.25 Å². The predicted octanol–water partition coefficient (Wildman–Crippen LogP) is 3.62. The highest BCUT2D eigenvalue weighted by molar-refractivity contribution is 9.10. The summed E-state index contributed by atoms with van der Waals surface area (Å²) >= 11 is 7.98. The largest absolute Gasteiger partial charge is 0.176 e. The molecule has 0 N–H and O–H groups in total. The van der Waals surface area contributed by atoms with Gasteiger partial charge in [0.2, 0.25) is 0 Å². The topological polar surface area (TPSA) is 0 Å². The molecule has 0 amide bonds. The van der Waals surface area contributed by atoms with Gasteiger partial charge >= 0.3 is 0 Å². The van der Waals surface area contributed by atoms with Crippen LogP contribution in [0.15, 0.2) is 28.7 Å². The Morgan fingerprint density at radius 1 is 1.25 bits per heavy atom. The van der Waals surface area contributed by atoms with Gasteiger partial charge in [0, 0.05) is 9.72 Å². The minimum Gasteiger partial charge on any atom is -0.176 e. The van der Waals surface area contributed by atoms with Crippen LogP contribution in [0.3, 0.4) is 0 Å². The van der Waals surface area contributed by atoms with E-state index in [9.17, 15) is 0 Å². The smallest absolute Gasteiger partial charge is 0.0210 e. The first-order valence-corrected chi connectivity index (χ1v) is 5.51. The first-order valence-electron chi connectivity index (χ1n) is 4.20. The maximum absolute atomic E-state index is 4.41. The molecule has 0 saturated heterocycles. The van der Waals surface area contributed by atoms with Crippen LogP contribution in [-0.4, -0.2) is 5.25 Å². The van der Waals surface area contributed by atoms with Crippen LogP contribution >= 0.6 is 28.6 Å². The lowest BCUT2D eigenvalue weighted by Gasteiger charge is -2.32. The van der Waals surface area contributed by atoms with Crippen LogP contribution in [0.1, 0.15) is 24.3 Å². The van der Waals surface area contributed by atoms with E-state index < -0.39 is 0 Å². The Hall–Kier alpha value is 0.0500. The molecular formula is C10H11BrS. The highest BCUT2D eigenvalue weighted by Crippen LogP contribution is 2.42. The molecule has 1 fully saturated rings. The summed E-state index contributed by atoms with van der Waals surface area (Å²) < 4.78 is 1.25. The molecule has 0 nitrogen and oxygen atoms in total. The van der Waals surface area contributed by atoms with Gasteiger partial charge in [0.1, 0.15) is 0 Å². The zero-order valence-electron chi connectivity index (χ0n) is 6.70. The summed E-state index contributed by atoms with van der Waals surface area (Å²) in [5.41, 5.74) is 1.45. The Morgan fingerprint density at radius 3 is 2.50 bits per heavy atom. The molecule has 0 aromatic heterocycles. The van der Waals surface area contributed by atoms with Gasteiger partial charge in [0.25, 0.3) is 0 Å². The highest BCUT2D eigenvalue weighted by Gasteiger charge is 2.28. The van der Waals surface area contributed by atoms with Gasteiger partial charge in [0.15, 0.2) is 0 Å². The lowest BCUT2D eigenvalue weighted by molar-refractivity contribution is 0.436. The van der Waals surface area contributed by atoms with Crippen LogP contribution < -0.4 is 0 Å². The maximum atomic E-state index is 4.41. The molecule has 64 valence electrons. The van der Waals surface area contributed by atoms with Crippen molar-refractivity contribution in [3.8, 4) is 0 Å². The van der Waals surface area contributed by atoms with Crippen LogP contribution in [0.4, 0.5) is 0 Å². The molecule has 0 heterocycles. The fourth-order valence-electron chi connectivity index (χ4n) is 1.65.